The lowest BCUT2D eigenvalue weighted by Crippen LogP contribution is -2.30. The predicted octanol–water partition coefficient (Wildman–Crippen LogP) is 18.5. The first-order valence-corrected chi connectivity index (χ1v) is 27.7. The highest BCUT2D eigenvalue weighted by molar-refractivity contribution is 5.71. The van der Waals surface area contributed by atoms with Gasteiger partial charge >= 0.3 is 17.9 Å². The summed E-state index contributed by atoms with van der Waals surface area (Å²) in [6.07, 6.45) is 72.5. The molecule has 1 atom stereocenters. The lowest BCUT2D eigenvalue weighted by atomic mass is 10.0. The summed E-state index contributed by atoms with van der Waals surface area (Å²) in [5, 5.41) is 0. The lowest BCUT2D eigenvalue weighted by Gasteiger charge is -2.18. The highest BCUT2D eigenvalue weighted by Gasteiger charge is 2.19. The molecule has 0 aliphatic carbocycles. The van der Waals surface area contributed by atoms with Crippen molar-refractivity contribution in [2.24, 2.45) is 0 Å². The largest absolute Gasteiger partial charge is 0.462 e. The maximum atomic E-state index is 12.8. The molecule has 0 aromatic rings. The third kappa shape index (κ3) is 53.2. The van der Waals surface area contributed by atoms with Gasteiger partial charge in [0.15, 0.2) is 6.10 Å². The van der Waals surface area contributed by atoms with Gasteiger partial charge in [0.05, 0.1) is 0 Å². The van der Waals surface area contributed by atoms with Crippen molar-refractivity contribution in [3.8, 4) is 0 Å². The molecule has 0 unspecified atom stereocenters. The molecular weight excluding hydrogens is 829 g/mol. The van der Waals surface area contributed by atoms with Crippen LogP contribution < -0.4 is 0 Å². The molecule has 0 rings (SSSR count). The van der Waals surface area contributed by atoms with E-state index in [2.05, 4.69) is 118 Å². The van der Waals surface area contributed by atoms with Crippen LogP contribution in [0.4, 0.5) is 0 Å². The third-order valence-electron chi connectivity index (χ3n) is 11.6. The number of unbranched alkanes of at least 4 members (excludes halogenated alkanes) is 22. The van der Waals surface area contributed by atoms with Gasteiger partial charge in [0, 0.05) is 19.3 Å². The number of hydrogen-bond acceptors (Lipinski definition) is 6. The van der Waals surface area contributed by atoms with E-state index in [1.807, 2.05) is 0 Å². The summed E-state index contributed by atoms with van der Waals surface area (Å²) in [4.78, 5) is 38.1. The second-order valence-electron chi connectivity index (χ2n) is 18.1. The second-order valence-corrected chi connectivity index (χ2v) is 18.1. The number of hydrogen-bond donors (Lipinski definition) is 0. The van der Waals surface area contributed by atoms with E-state index in [1.165, 1.54) is 103 Å². The van der Waals surface area contributed by atoms with Crippen LogP contribution in [-0.4, -0.2) is 37.2 Å². The van der Waals surface area contributed by atoms with Gasteiger partial charge in [0.25, 0.3) is 0 Å². The topological polar surface area (TPSA) is 78.9 Å². The van der Waals surface area contributed by atoms with Crippen molar-refractivity contribution in [2.75, 3.05) is 13.2 Å². The summed E-state index contributed by atoms with van der Waals surface area (Å²) in [5.74, 6) is -0.975. The Hall–Kier alpha value is -3.67. The van der Waals surface area contributed by atoms with E-state index in [4.69, 9.17) is 14.2 Å². The molecule has 0 saturated carbocycles. The Morgan fingerprint density at radius 3 is 0.970 bits per heavy atom. The molecule has 0 spiro atoms. The molecule has 0 heterocycles. The average Bonchev–Trinajstić information content (AvgIpc) is 3.33. The number of allylic oxidation sites excluding steroid dienone is 16. The number of esters is 3. The summed E-state index contributed by atoms with van der Waals surface area (Å²) in [7, 11) is 0. The SMILES string of the molecule is CC/C=C\C/C=C\C/C=C\C/C=C\CCCCC(=O)OC[C@H](COC(=O)CCCCCCCCCCCCCCCCC)OC(=O)CCCCC/C=C\C/C=C\C/C=C\C/C=C\CCCCC. The first-order chi connectivity index (χ1) is 33.0. The Labute approximate surface area is 413 Å². The predicted molar refractivity (Wildman–Crippen MR) is 288 cm³/mol. The number of rotatable bonds is 49. The molecule has 0 aromatic carbocycles. The minimum atomic E-state index is -0.811. The third-order valence-corrected chi connectivity index (χ3v) is 11.6. The van der Waals surface area contributed by atoms with E-state index in [0.717, 1.165) is 109 Å². The molecule has 0 saturated heterocycles. The highest BCUT2D eigenvalue weighted by Crippen LogP contribution is 2.15. The van der Waals surface area contributed by atoms with Gasteiger partial charge in [-0.15, -0.1) is 0 Å². The second kappa shape index (κ2) is 54.9. The van der Waals surface area contributed by atoms with Gasteiger partial charge in [-0.1, -0.05) is 227 Å². The molecule has 6 heteroatoms. The first-order valence-electron chi connectivity index (χ1n) is 27.7. The van der Waals surface area contributed by atoms with Gasteiger partial charge in [-0.05, 0) is 103 Å². The zero-order chi connectivity index (χ0) is 48.6. The number of carbonyl (C=O) groups is 3. The quantitative estimate of drug-likeness (QED) is 0.0262. The smallest absolute Gasteiger partial charge is 0.306 e. The normalized spacial score (nSPS) is 12.8. The van der Waals surface area contributed by atoms with Crippen molar-refractivity contribution in [3.05, 3.63) is 97.2 Å². The first kappa shape index (κ1) is 63.3. The molecule has 0 amide bonds. The summed E-state index contributed by atoms with van der Waals surface area (Å²) in [6, 6.07) is 0. The zero-order valence-electron chi connectivity index (χ0n) is 43.6. The van der Waals surface area contributed by atoms with Crippen LogP contribution >= 0.6 is 0 Å². The average molecular weight is 931 g/mol. The fourth-order valence-electron chi connectivity index (χ4n) is 7.42. The molecule has 0 bridgehead atoms. The highest BCUT2D eigenvalue weighted by atomic mass is 16.6. The van der Waals surface area contributed by atoms with Crippen molar-refractivity contribution < 1.29 is 28.6 Å². The van der Waals surface area contributed by atoms with Gasteiger partial charge in [0.2, 0.25) is 0 Å². The molecule has 0 N–H and O–H groups in total. The van der Waals surface area contributed by atoms with Gasteiger partial charge in [-0.25, -0.2) is 0 Å². The molecule has 0 aliphatic heterocycles. The summed E-state index contributed by atoms with van der Waals surface area (Å²) < 4.78 is 16.8. The van der Waals surface area contributed by atoms with Crippen LogP contribution in [0.3, 0.4) is 0 Å². The van der Waals surface area contributed by atoms with Crippen molar-refractivity contribution in [2.45, 2.75) is 258 Å². The molecule has 0 fully saturated rings. The van der Waals surface area contributed by atoms with Crippen molar-refractivity contribution in [1.29, 1.82) is 0 Å². The zero-order valence-corrected chi connectivity index (χ0v) is 43.6. The van der Waals surface area contributed by atoms with E-state index in [-0.39, 0.29) is 37.5 Å². The Balaban J connectivity index is 4.51. The van der Waals surface area contributed by atoms with Crippen LogP contribution in [0.25, 0.3) is 0 Å². The standard InChI is InChI=1S/C61H102O6/c1-4-7-10-13-16-19-22-25-28-29-30-31-34-37-40-43-46-49-52-55-61(64)67-58(56-65-59(62)53-50-47-44-41-38-35-32-26-23-20-17-14-11-8-5-2)57-66-60(63)54-51-48-45-42-39-36-33-27-24-21-18-15-12-9-6-3/h8,11,16-17,19-20,25-26,28,30-32,37-38,40-41,58H,4-7,9-10,12-15,18,21-24,27,29,33-36,39,42-57H2,1-3H3/b11-8-,19-16-,20-17-,28-25-,31-30-,32-26-,40-37-,41-38-/t58-/m1/s1. The Morgan fingerprint density at radius 2 is 0.582 bits per heavy atom. The maximum Gasteiger partial charge on any atom is 0.306 e. The van der Waals surface area contributed by atoms with E-state index >= 15 is 0 Å². The summed E-state index contributed by atoms with van der Waals surface area (Å²) in [5.41, 5.74) is 0. The summed E-state index contributed by atoms with van der Waals surface area (Å²) in [6.45, 7) is 6.44. The van der Waals surface area contributed by atoms with Crippen LogP contribution in [0.5, 0.6) is 0 Å². The van der Waals surface area contributed by atoms with E-state index in [9.17, 15) is 14.4 Å². The molecule has 67 heavy (non-hydrogen) atoms. The van der Waals surface area contributed by atoms with Gasteiger partial charge in [-0.3, -0.25) is 14.4 Å². The number of ether oxygens (including phenoxy) is 3. The van der Waals surface area contributed by atoms with E-state index in [0.29, 0.717) is 12.8 Å². The molecular formula is C61H102O6. The summed E-state index contributed by atoms with van der Waals surface area (Å²) >= 11 is 0. The Kier molecular flexibility index (Phi) is 51.9. The van der Waals surface area contributed by atoms with Crippen LogP contribution in [0.15, 0.2) is 97.2 Å². The van der Waals surface area contributed by atoms with Crippen LogP contribution in [-0.2, 0) is 28.6 Å². The minimum absolute atomic E-state index is 0.103. The van der Waals surface area contributed by atoms with Crippen molar-refractivity contribution in [3.63, 3.8) is 0 Å². The van der Waals surface area contributed by atoms with Crippen LogP contribution in [0.1, 0.15) is 252 Å². The molecule has 0 radical (unpaired) electrons. The van der Waals surface area contributed by atoms with E-state index in [1.54, 1.807) is 0 Å². The fraction of sp³-hybridized carbons (Fsp3) is 0.689. The minimum Gasteiger partial charge on any atom is -0.462 e. The maximum absolute atomic E-state index is 12.8. The lowest BCUT2D eigenvalue weighted by molar-refractivity contribution is -0.167. The Morgan fingerprint density at radius 1 is 0.313 bits per heavy atom. The van der Waals surface area contributed by atoms with Gasteiger partial charge < -0.3 is 14.2 Å². The van der Waals surface area contributed by atoms with Gasteiger partial charge in [0.1, 0.15) is 13.2 Å². The van der Waals surface area contributed by atoms with Crippen LogP contribution in [0, 0.1) is 0 Å². The van der Waals surface area contributed by atoms with Crippen LogP contribution in [0.2, 0.25) is 0 Å². The molecule has 6 nitrogen and oxygen atoms in total. The van der Waals surface area contributed by atoms with Crippen molar-refractivity contribution in [1.82, 2.24) is 0 Å². The van der Waals surface area contributed by atoms with Gasteiger partial charge in [-0.2, -0.15) is 0 Å². The number of carbonyl (C=O) groups excluding carboxylic acids is 3. The van der Waals surface area contributed by atoms with E-state index < -0.39 is 6.10 Å². The molecule has 0 aliphatic rings. The fourth-order valence-corrected chi connectivity index (χ4v) is 7.42. The molecule has 382 valence electrons. The van der Waals surface area contributed by atoms with Crippen molar-refractivity contribution >= 4 is 17.9 Å². The Bertz CT molecular complexity index is 1350. The molecule has 0 aromatic heterocycles. The monoisotopic (exact) mass is 931 g/mol.